The second-order valence-corrected chi connectivity index (χ2v) is 8.15. The van der Waals surface area contributed by atoms with E-state index >= 15 is 0 Å². The van der Waals surface area contributed by atoms with Gasteiger partial charge in [0.1, 0.15) is 5.82 Å². The first-order valence-electron chi connectivity index (χ1n) is 9.43. The first kappa shape index (κ1) is 18.8. The number of aromatic nitrogens is 3. The van der Waals surface area contributed by atoms with E-state index < -0.39 is 0 Å². The average molecular weight is 398 g/mol. The molecule has 0 saturated carbocycles. The third-order valence-corrected chi connectivity index (χ3v) is 5.97. The van der Waals surface area contributed by atoms with Gasteiger partial charge < -0.3 is 5.32 Å². The Morgan fingerprint density at radius 3 is 3.00 bits per heavy atom. The molecule has 1 N–H and O–H groups in total. The van der Waals surface area contributed by atoms with Gasteiger partial charge in [-0.3, -0.25) is 18.9 Å². The summed E-state index contributed by atoms with van der Waals surface area (Å²) in [4.78, 5) is 36.9. The van der Waals surface area contributed by atoms with Crippen LogP contribution in [0, 0.1) is 19.8 Å². The number of carbonyl (C=O) groups excluding carboxylic acids is 1. The summed E-state index contributed by atoms with van der Waals surface area (Å²) in [6.45, 7) is 5.94. The number of carbonyl (C=O) groups is 1. The van der Waals surface area contributed by atoms with Gasteiger partial charge in [-0.05, 0) is 45.4 Å². The minimum Gasteiger partial charge on any atom is -0.310 e. The van der Waals surface area contributed by atoms with Crippen molar-refractivity contribution in [2.24, 2.45) is 5.92 Å². The highest BCUT2D eigenvalue weighted by atomic mass is 32.1. The molecule has 0 radical (unpaired) electrons. The van der Waals surface area contributed by atoms with Crippen molar-refractivity contribution in [3.8, 4) is 0 Å². The molecule has 0 aromatic carbocycles. The summed E-state index contributed by atoms with van der Waals surface area (Å²) in [6.07, 6.45) is 1.80. The van der Waals surface area contributed by atoms with Gasteiger partial charge in [0, 0.05) is 35.9 Å². The van der Waals surface area contributed by atoms with Crippen molar-refractivity contribution in [2.75, 3.05) is 18.4 Å². The molecule has 0 bridgehead atoms. The minimum atomic E-state index is -0.0927. The Labute approximate surface area is 167 Å². The maximum absolute atomic E-state index is 12.7. The van der Waals surface area contributed by atoms with Crippen molar-refractivity contribution < 1.29 is 4.79 Å². The van der Waals surface area contributed by atoms with Crippen LogP contribution in [0.4, 0.5) is 5.82 Å². The van der Waals surface area contributed by atoms with Crippen LogP contribution in [-0.2, 0) is 11.3 Å². The Kier molecular flexibility index (Phi) is 5.23. The molecular formula is C20H23N5O2S. The fraction of sp³-hybridized carbons (Fsp3) is 0.400. The highest BCUT2D eigenvalue weighted by Crippen LogP contribution is 2.20. The fourth-order valence-electron chi connectivity index (χ4n) is 3.67. The lowest BCUT2D eigenvalue weighted by molar-refractivity contribution is -0.121. The van der Waals surface area contributed by atoms with E-state index in [1.165, 1.54) is 11.3 Å². The van der Waals surface area contributed by atoms with E-state index in [9.17, 15) is 9.59 Å². The smallest absolute Gasteiger partial charge is 0.259 e. The summed E-state index contributed by atoms with van der Waals surface area (Å²) in [6, 6.07) is 7.20. The van der Waals surface area contributed by atoms with Gasteiger partial charge in [0.25, 0.3) is 5.56 Å². The zero-order valence-electron chi connectivity index (χ0n) is 16.0. The molecule has 1 aliphatic rings. The largest absolute Gasteiger partial charge is 0.310 e. The number of pyridine rings is 1. The third-order valence-electron chi connectivity index (χ3n) is 5.03. The number of thiazole rings is 1. The van der Waals surface area contributed by atoms with Crippen molar-refractivity contribution in [3.63, 3.8) is 0 Å². The number of likely N-dealkylation sites (tertiary alicyclic amines) is 1. The van der Waals surface area contributed by atoms with Gasteiger partial charge in [-0.25, -0.2) is 9.97 Å². The molecule has 0 spiro atoms. The van der Waals surface area contributed by atoms with E-state index in [0.717, 1.165) is 41.4 Å². The van der Waals surface area contributed by atoms with Gasteiger partial charge in [0.05, 0.1) is 11.6 Å². The Balaban J connectivity index is 1.44. The predicted octanol–water partition coefficient (Wildman–Crippen LogP) is 2.62. The molecule has 7 nitrogen and oxygen atoms in total. The number of hydrogen-bond acceptors (Lipinski definition) is 6. The highest BCUT2D eigenvalue weighted by molar-refractivity contribution is 7.15. The van der Waals surface area contributed by atoms with E-state index in [-0.39, 0.29) is 17.4 Å². The molecule has 3 aromatic rings. The molecule has 1 unspecified atom stereocenters. The molecule has 4 heterocycles. The van der Waals surface area contributed by atoms with Crippen molar-refractivity contribution in [2.45, 2.75) is 33.2 Å². The lowest BCUT2D eigenvalue weighted by Gasteiger charge is -2.31. The summed E-state index contributed by atoms with van der Waals surface area (Å²) < 4.78 is 1.63. The molecule has 0 aliphatic carbocycles. The van der Waals surface area contributed by atoms with Gasteiger partial charge in [-0.15, -0.1) is 11.3 Å². The molecular weight excluding hydrogens is 374 g/mol. The van der Waals surface area contributed by atoms with Gasteiger partial charge in [-0.1, -0.05) is 6.07 Å². The molecule has 146 valence electrons. The highest BCUT2D eigenvalue weighted by Gasteiger charge is 2.26. The van der Waals surface area contributed by atoms with Crippen LogP contribution >= 0.6 is 11.3 Å². The summed E-state index contributed by atoms with van der Waals surface area (Å²) >= 11 is 1.47. The van der Waals surface area contributed by atoms with Crippen LogP contribution in [-0.4, -0.2) is 38.3 Å². The van der Waals surface area contributed by atoms with Crippen LogP contribution < -0.4 is 10.9 Å². The van der Waals surface area contributed by atoms with Crippen LogP contribution in [0.1, 0.15) is 29.9 Å². The number of nitrogens with zero attached hydrogens (tertiary/aromatic N) is 4. The monoisotopic (exact) mass is 397 g/mol. The number of rotatable bonds is 4. The Bertz CT molecular complexity index is 1070. The molecule has 4 rings (SSSR count). The van der Waals surface area contributed by atoms with E-state index in [1.807, 2.05) is 31.4 Å². The molecule has 1 fully saturated rings. The average Bonchev–Trinajstić information content (AvgIpc) is 3.03. The number of nitrogens with one attached hydrogen (secondary N) is 1. The van der Waals surface area contributed by atoms with E-state index in [0.29, 0.717) is 18.9 Å². The maximum atomic E-state index is 12.7. The summed E-state index contributed by atoms with van der Waals surface area (Å²) in [5, 5.41) is 4.87. The molecule has 1 saturated heterocycles. The lowest BCUT2D eigenvalue weighted by Crippen LogP contribution is -2.40. The number of anilines is 1. The Morgan fingerprint density at radius 2 is 2.18 bits per heavy atom. The number of piperidine rings is 1. The van der Waals surface area contributed by atoms with Crippen LogP contribution in [0.15, 0.2) is 34.4 Å². The second kappa shape index (κ2) is 7.81. The van der Waals surface area contributed by atoms with Gasteiger partial charge in [0.2, 0.25) is 5.91 Å². The maximum Gasteiger partial charge on any atom is 0.259 e. The lowest BCUT2D eigenvalue weighted by atomic mass is 9.97. The standard InChI is InChI=1S/C20H23N5O2S/c1-13-5-3-7-17(21-13)23-19(27)15-6-4-8-24(10-15)11-16-9-18(26)25-14(2)12-28-20(25)22-16/h3,5,7,9,12,15H,4,6,8,10-11H2,1-2H3,(H,21,23,27). The summed E-state index contributed by atoms with van der Waals surface area (Å²) in [5.41, 5.74) is 2.49. The first-order chi connectivity index (χ1) is 13.5. The van der Waals surface area contributed by atoms with Crippen LogP contribution in [0.3, 0.4) is 0 Å². The number of fused-ring (bicyclic) bond motifs is 1. The Hall–Kier alpha value is -2.58. The SMILES string of the molecule is Cc1cccc(NC(=O)C2CCCN(Cc3cc(=O)n4c(C)csc4n3)C2)n1. The predicted molar refractivity (Wildman–Crippen MR) is 110 cm³/mol. The van der Waals surface area contributed by atoms with Crippen molar-refractivity contribution in [1.82, 2.24) is 19.3 Å². The van der Waals surface area contributed by atoms with Gasteiger partial charge >= 0.3 is 0 Å². The normalized spacial score (nSPS) is 17.7. The number of amides is 1. The molecule has 1 aliphatic heterocycles. The van der Waals surface area contributed by atoms with Crippen molar-refractivity contribution in [3.05, 3.63) is 57.1 Å². The molecule has 8 heteroatoms. The van der Waals surface area contributed by atoms with E-state index in [2.05, 4.69) is 20.2 Å². The van der Waals surface area contributed by atoms with E-state index in [1.54, 1.807) is 16.5 Å². The zero-order chi connectivity index (χ0) is 19.7. The topological polar surface area (TPSA) is 79.6 Å². The third kappa shape index (κ3) is 3.98. The van der Waals surface area contributed by atoms with Gasteiger partial charge in [-0.2, -0.15) is 0 Å². The second-order valence-electron chi connectivity index (χ2n) is 7.31. The number of hydrogen-bond donors (Lipinski definition) is 1. The Morgan fingerprint density at radius 1 is 1.32 bits per heavy atom. The van der Waals surface area contributed by atoms with Crippen LogP contribution in [0.25, 0.3) is 4.96 Å². The molecule has 1 atom stereocenters. The summed E-state index contributed by atoms with van der Waals surface area (Å²) in [5.74, 6) is 0.500. The fourth-order valence-corrected chi connectivity index (χ4v) is 4.56. The van der Waals surface area contributed by atoms with Crippen LogP contribution in [0.2, 0.25) is 0 Å². The molecule has 1 amide bonds. The van der Waals surface area contributed by atoms with E-state index in [4.69, 9.17) is 0 Å². The summed E-state index contributed by atoms with van der Waals surface area (Å²) in [7, 11) is 0. The van der Waals surface area contributed by atoms with Crippen molar-refractivity contribution in [1.29, 1.82) is 0 Å². The number of aryl methyl sites for hydroxylation is 2. The minimum absolute atomic E-state index is 0.000150. The van der Waals surface area contributed by atoms with Crippen LogP contribution in [0.5, 0.6) is 0 Å². The van der Waals surface area contributed by atoms with Crippen molar-refractivity contribution >= 4 is 28.0 Å². The zero-order valence-corrected chi connectivity index (χ0v) is 16.8. The molecule has 28 heavy (non-hydrogen) atoms. The molecule has 3 aromatic heterocycles. The van der Waals surface area contributed by atoms with Gasteiger partial charge in [0.15, 0.2) is 4.96 Å². The first-order valence-corrected chi connectivity index (χ1v) is 10.3. The quantitative estimate of drug-likeness (QED) is 0.732.